The van der Waals surface area contributed by atoms with Crippen LogP contribution < -0.4 is 4.74 Å². The van der Waals surface area contributed by atoms with Gasteiger partial charge in [-0.15, -0.1) is 0 Å². The number of Topliss-reactive ketones (excluding diaryl/α,β-unsaturated/α-hetero) is 1. The molecule has 1 N–H and O–H groups in total. The Kier molecular flexibility index (Phi) is 6.34. The number of rotatable bonds is 9. The molecule has 5 nitrogen and oxygen atoms in total. The molecule has 0 fully saturated rings. The van der Waals surface area contributed by atoms with Crippen LogP contribution in [0.25, 0.3) is 11.0 Å². The van der Waals surface area contributed by atoms with Crippen molar-refractivity contribution in [3.05, 3.63) is 53.9 Å². The molecule has 28 heavy (non-hydrogen) atoms. The quantitative estimate of drug-likeness (QED) is 0.412. The number of hydrogen-bond donors (Lipinski definition) is 1. The zero-order valence-electron chi connectivity index (χ0n) is 16.8. The predicted octanol–water partition coefficient (Wildman–Crippen LogP) is 5.14. The molecular weight excluding hydrogens is 352 g/mol. The lowest BCUT2D eigenvalue weighted by atomic mass is 9.98. The van der Waals surface area contributed by atoms with Crippen molar-refractivity contribution in [3.63, 3.8) is 0 Å². The molecule has 0 aliphatic carbocycles. The van der Waals surface area contributed by atoms with Crippen LogP contribution in [0.5, 0.6) is 11.5 Å². The summed E-state index contributed by atoms with van der Waals surface area (Å²) < 4.78 is 8.00. The van der Waals surface area contributed by atoms with Gasteiger partial charge in [-0.1, -0.05) is 26.0 Å². The number of benzene rings is 2. The molecule has 0 aliphatic rings. The van der Waals surface area contributed by atoms with E-state index in [0.29, 0.717) is 29.9 Å². The fourth-order valence-corrected chi connectivity index (χ4v) is 3.30. The van der Waals surface area contributed by atoms with E-state index in [1.54, 1.807) is 19.1 Å². The van der Waals surface area contributed by atoms with E-state index in [4.69, 9.17) is 4.74 Å². The monoisotopic (exact) mass is 380 g/mol. The van der Waals surface area contributed by atoms with Crippen LogP contribution in [0.2, 0.25) is 0 Å². The molecule has 0 bridgehead atoms. The highest BCUT2D eigenvalue weighted by Crippen LogP contribution is 2.32. The summed E-state index contributed by atoms with van der Waals surface area (Å²) in [5, 5.41) is 10.4. The minimum Gasteiger partial charge on any atom is -0.507 e. The highest BCUT2D eigenvalue weighted by Gasteiger charge is 2.17. The molecule has 0 saturated heterocycles. The van der Waals surface area contributed by atoms with Gasteiger partial charge in [0.15, 0.2) is 5.78 Å². The second-order valence-corrected chi connectivity index (χ2v) is 7.59. The highest BCUT2D eigenvalue weighted by atomic mass is 16.5. The van der Waals surface area contributed by atoms with Crippen LogP contribution in [0, 0.1) is 12.8 Å². The van der Waals surface area contributed by atoms with Crippen LogP contribution in [0.15, 0.2) is 42.7 Å². The van der Waals surface area contributed by atoms with Crippen molar-refractivity contribution in [2.45, 2.75) is 46.6 Å². The Morgan fingerprint density at radius 3 is 2.75 bits per heavy atom. The molecule has 148 valence electrons. The summed E-state index contributed by atoms with van der Waals surface area (Å²) in [5.74, 6) is 0.894. The van der Waals surface area contributed by atoms with E-state index in [-0.39, 0.29) is 17.5 Å². The SMILES string of the molecule is Cc1c(OCCCCn2cnc3ccccc32)ccc(C(=O)CC(C)C)c1O. The Bertz CT molecular complexity index is 960. The third kappa shape index (κ3) is 4.53. The number of imidazole rings is 1. The number of ether oxygens (including phenoxy) is 1. The van der Waals surface area contributed by atoms with E-state index in [1.807, 2.05) is 38.4 Å². The van der Waals surface area contributed by atoms with E-state index < -0.39 is 0 Å². The topological polar surface area (TPSA) is 64.4 Å². The minimum atomic E-state index is -0.0327. The van der Waals surface area contributed by atoms with Crippen LogP contribution >= 0.6 is 0 Å². The molecule has 3 rings (SSSR count). The maximum Gasteiger partial charge on any atom is 0.166 e. The molecule has 0 spiro atoms. The number of aryl methyl sites for hydroxylation is 1. The van der Waals surface area contributed by atoms with Gasteiger partial charge in [-0.05, 0) is 49.9 Å². The fraction of sp³-hybridized carbons (Fsp3) is 0.391. The number of phenols is 1. The highest BCUT2D eigenvalue weighted by molar-refractivity contribution is 5.99. The molecule has 0 radical (unpaired) electrons. The standard InChI is InChI=1S/C23H28N2O3/c1-16(2)14-21(26)18-10-11-22(17(3)23(18)27)28-13-7-6-12-25-15-24-19-8-4-5-9-20(19)25/h4-5,8-11,15-16,27H,6-7,12-14H2,1-3H3. The first-order valence-corrected chi connectivity index (χ1v) is 9.85. The van der Waals surface area contributed by atoms with Gasteiger partial charge in [0.05, 0.1) is 29.5 Å². The summed E-state index contributed by atoms with van der Waals surface area (Å²) >= 11 is 0. The molecule has 3 aromatic rings. The number of nitrogens with zero attached hydrogens (tertiary/aromatic N) is 2. The van der Waals surface area contributed by atoms with Crippen LogP contribution in [0.3, 0.4) is 0 Å². The molecule has 0 atom stereocenters. The third-order valence-corrected chi connectivity index (χ3v) is 4.85. The summed E-state index contributed by atoms with van der Waals surface area (Å²) in [4.78, 5) is 16.6. The van der Waals surface area contributed by atoms with Gasteiger partial charge in [-0.2, -0.15) is 0 Å². The number of aromatic nitrogens is 2. The van der Waals surface area contributed by atoms with E-state index in [2.05, 4.69) is 15.6 Å². The maximum atomic E-state index is 12.2. The summed E-state index contributed by atoms with van der Waals surface area (Å²) in [6, 6.07) is 11.6. The third-order valence-electron chi connectivity index (χ3n) is 4.85. The first-order valence-electron chi connectivity index (χ1n) is 9.85. The Morgan fingerprint density at radius 2 is 1.96 bits per heavy atom. The number of carbonyl (C=O) groups is 1. The van der Waals surface area contributed by atoms with E-state index in [9.17, 15) is 9.90 Å². The number of phenolic OH excluding ortho intramolecular Hbond substituents is 1. The summed E-state index contributed by atoms with van der Waals surface area (Å²) in [7, 11) is 0. The van der Waals surface area contributed by atoms with Crippen LogP contribution in [0.4, 0.5) is 0 Å². The van der Waals surface area contributed by atoms with Gasteiger partial charge in [-0.3, -0.25) is 4.79 Å². The average Bonchev–Trinajstić information content (AvgIpc) is 3.07. The van der Waals surface area contributed by atoms with Crippen LogP contribution in [0.1, 0.15) is 49.0 Å². The largest absolute Gasteiger partial charge is 0.507 e. The number of fused-ring (bicyclic) bond motifs is 1. The lowest BCUT2D eigenvalue weighted by Gasteiger charge is -2.13. The van der Waals surface area contributed by atoms with Crippen LogP contribution in [-0.2, 0) is 6.54 Å². The smallest absolute Gasteiger partial charge is 0.166 e. The Labute approximate surface area is 166 Å². The minimum absolute atomic E-state index is 0.0327. The first kappa shape index (κ1) is 19.9. The number of unbranched alkanes of at least 4 members (excludes halogenated alkanes) is 1. The van der Waals surface area contributed by atoms with Crippen molar-refractivity contribution in [2.24, 2.45) is 5.92 Å². The maximum absolute atomic E-state index is 12.2. The molecule has 1 heterocycles. The number of carbonyl (C=O) groups excluding carboxylic acids is 1. The van der Waals surface area contributed by atoms with Gasteiger partial charge >= 0.3 is 0 Å². The van der Waals surface area contributed by atoms with Gasteiger partial charge in [0.2, 0.25) is 0 Å². The van der Waals surface area contributed by atoms with Crippen molar-refractivity contribution >= 4 is 16.8 Å². The van der Waals surface area contributed by atoms with Gasteiger partial charge in [0.1, 0.15) is 11.5 Å². The Morgan fingerprint density at radius 1 is 1.18 bits per heavy atom. The van der Waals surface area contributed by atoms with Crippen LogP contribution in [-0.4, -0.2) is 27.0 Å². The van der Waals surface area contributed by atoms with Gasteiger partial charge in [0.25, 0.3) is 0 Å². The lowest BCUT2D eigenvalue weighted by molar-refractivity contribution is 0.0965. The molecule has 1 aromatic heterocycles. The van der Waals surface area contributed by atoms with Crippen molar-refractivity contribution < 1.29 is 14.6 Å². The second kappa shape index (κ2) is 8.91. The molecule has 0 saturated carbocycles. The normalized spacial score (nSPS) is 11.3. The average molecular weight is 380 g/mol. The number of ketones is 1. The van der Waals surface area contributed by atoms with Gasteiger partial charge in [-0.25, -0.2) is 4.98 Å². The molecule has 0 unspecified atom stereocenters. The zero-order chi connectivity index (χ0) is 20.1. The number of aromatic hydroxyl groups is 1. The molecule has 0 amide bonds. The summed E-state index contributed by atoms with van der Waals surface area (Å²) in [6.07, 6.45) is 4.16. The van der Waals surface area contributed by atoms with E-state index in [0.717, 1.165) is 30.4 Å². The van der Waals surface area contributed by atoms with Gasteiger partial charge in [0, 0.05) is 18.5 Å². The summed E-state index contributed by atoms with van der Waals surface area (Å²) in [5.41, 5.74) is 3.16. The van der Waals surface area contributed by atoms with Crippen molar-refractivity contribution in [1.29, 1.82) is 0 Å². The molecule has 2 aromatic carbocycles. The molecule has 5 heteroatoms. The second-order valence-electron chi connectivity index (χ2n) is 7.59. The van der Waals surface area contributed by atoms with E-state index in [1.165, 1.54) is 0 Å². The fourth-order valence-electron chi connectivity index (χ4n) is 3.30. The molecule has 0 aliphatic heterocycles. The van der Waals surface area contributed by atoms with Crippen molar-refractivity contribution in [1.82, 2.24) is 9.55 Å². The Hall–Kier alpha value is -2.82. The van der Waals surface area contributed by atoms with E-state index >= 15 is 0 Å². The first-order chi connectivity index (χ1) is 13.5. The summed E-state index contributed by atoms with van der Waals surface area (Å²) in [6.45, 7) is 7.22. The van der Waals surface area contributed by atoms with Gasteiger partial charge < -0.3 is 14.4 Å². The predicted molar refractivity (Wildman–Crippen MR) is 111 cm³/mol. The zero-order valence-corrected chi connectivity index (χ0v) is 16.8. The van der Waals surface area contributed by atoms with Crippen molar-refractivity contribution in [3.8, 4) is 11.5 Å². The number of para-hydroxylation sites is 2. The lowest BCUT2D eigenvalue weighted by Crippen LogP contribution is -2.06. The van der Waals surface area contributed by atoms with Crippen molar-refractivity contribution in [2.75, 3.05) is 6.61 Å². The number of hydrogen-bond acceptors (Lipinski definition) is 4. The Balaban J connectivity index is 1.52. The molecular formula is C23H28N2O3.